The molecule has 0 atom stereocenters. The van der Waals surface area contributed by atoms with Gasteiger partial charge >= 0.3 is 0 Å². The molecule has 1 fully saturated rings. The van der Waals surface area contributed by atoms with Crippen LogP contribution in [0.3, 0.4) is 0 Å². The molecule has 1 heterocycles. The fraction of sp³-hybridized carbons (Fsp3) is 0.667. The molecule has 1 aromatic heterocycles. The number of alkyl halides is 2. The molecule has 0 aliphatic heterocycles. The van der Waals surface area contributed by atoms with Gasteiger partial charge in [-0.15, -0.1) is 5.10 Å². The highest BCUT2D eigenvalue weighted by atomic mass is 32.1. The maximum absolute atomic E-state index is 12.3. The second-order valence-corrected chi connectivity index (χ2v) is 4.33. The Hall–Kier alpha value is -1.11. The highest BCUT2D eigenvalue weighted by Gasteiger charge is 2.29. The first-order valence-corrected chi connectivity index (χ1v) is 5.51. The average Bonchev–Trinajstić information content (AvgIpc) is 2.45. The van der Waals surface area contributed by atoms with Gasteiger partial charge in [0.05, 0.1) is 5.69 Å². The van der Waals surface area contributed by atoms with Gasteiger partial charge in [0.1, 0.15) is 17.2 Å². The number of nitrogens with two attached hydrogens (primary N) is 1. The van der Waals surface area contributed by atoms with Crippen molar-refractivity contribution < 1.29 is 8.78 Å². The van der Waals surface area contributed by atoms with E-state index in [1.807, 2.05) is 0 Å². The lowest BCUT2D eigenvalue weighted by atomic mass is 9.82. The quantitative estimate of drug-likeness (QED) is 0.817. The molecule has 88 valence electrons. The predicted octanol–water partition coefficient (Wildman–Crippen LogP) is 1.44. The summed E-state index contributed by atoms with van der Waals surface area (Å²) in [6.07, 6.45) is 0.583. The average molecular weight is 246 g/mol. The molecule has 4 nitrogen and oxygen atoms in total. The Kier molecular flexibility index (Phi) is 3.13. The summed E-state index contributed by atoms with van der Waals surface area (Å²) in [6.45, 7) is -0.443. The lowest BCUT2D eigenvalue weighted by Gasteiger charge is -2.26. The van der Waals surface area contributed by atoms with E-state index in [1.54, 1.807) is 0 Å². The third-order valence-electron chi connectivity index (χ3n) is 2.81. The SMILES string of the molecule is NC(=S)c1nnn(CC(F)F)c1C1CCC1. The van der Waals surface area contributed by atoms with Crippen molar-refractivity contribution in [3.05, 3.63) is 11.4 Å². The maximum Gasteiger partial charge on any atom is 0.257 e. The number of rotatable bonds is 4. The molecule has 2 N–H and O–H groups in total. The minimum atomic E-state index is -2.44. The Morgan fingerprint density at radius 2 is 2.25 bits per heavy atom. The topological polar surface area (TPSA) is 56.7 Å². The highest BCUT2D eigenvalue weighted by Crippen LogP contribution is 2.37. The van der Waals surface area contributed by atoms with Crippen molar-refractivity contribution in [1.29, 1.82) is 0 Å². The van der Waals surface area contributed by atoms with Gasteiger partial charge in [-0.25, -0.2) is 13.5 Å². The molecule has 2 rings (SSSR count). The molecule has 0 bridgehead atoms. The van der Waals surface area contributed by atoms with Crippen molar-refractivity contribution in [1.82, 2.24) is 15.0 Å². The number of nitrogens with zero attached hydrogens (tertiary/aromatic N) is 3. The molecule has 0 unspecified atom stereocenters. The number of thiocarbonyl (C=S) groups is 1. The van der Waals surface area contributed by atoms with Crippen LogP contribution in [0, 0.1) is 0 Å². The smallest absolute Gasteiger partial charge is 0.257 e. The van der Waals surface area contributed by atoms with E-state index < -0.39 is 13.0 Å². The summed E-state index contributed by atoms with van der Waals surface area (Å²) in [5.74, 6) is 0.227. The van der Waals surface area contributed by atoms with Crippen LogP contribution in [0.4, 0.5) is 8.78 Å². The van der Waals surface area contributed by atoms with Gasteiger partial charge in [-0.1, -0.05) is 23.9 Å². The van der Waals surface area contributed by atoms with E-state index in [0.29, 0.717) is 11.4 Å². The summed E-state index contributed by atoms with van der Waals surface area (Å²) < 4.78 is 25.9. The monoisotopic (exact) mass is 246 g/mol. The fourth-order valence-electron chi connectivity index (χ4n) is 1.85. The standard InChI is InChI=1S/C9H12F2N4S/c10-6(11)4-15-8(5-2-1-3-5)7(9(12)16)13-14-15/h5-6H,1-4H2,(H2,12,16). The molecule has 1 aliphatic rings. The van der Waals surface area contributed by atoms with Crippen molar-refractivity contribution in [2.45, 2.75) is 38.2 Å². The van der Waals surface area contributed by atoms with E-state index in [1.165, 1.54) is 4.68 Å². The van der Waals surface area contributed by atoms with Crippen molar-refractivity contribution in [3.63, 3.8) is 0 Å². The van der Waals surface area contributed by atoms with Gasteiger partial charge in [-0.2, -0.15) is 0 Å². The Balaban J connectivity index is 2.33. The summed E-state index contributed by atoms with van der Waals surface area (Å²) in [5, 5.41) is 7.48. The summed E-state index contributed by atoms with van der Waals surface area (Å²) in [6, 6.07) is 0. The molecule has 1 aliphatic carbocycles. The van der Waals surface area contributed by atoms with Crippen LogP contribution >= 0.6 is 12.2 Å². The minimum Gasteiger partial charge on any atom is -0.388 e. The van der Waals surface area contributed by atoms with Crippen LogP contribution in [0.1, 0.15) is 36.6 Å². The Morgan fingerprint density at radius 3 is 2.69 bits per heavy atom. The molecule has 0 aromatic carbocycles. The van der Waals surface area contributed by atoms with Crippen LogP contribution in [-0.4, -0.2) is 26.4 Å². The molecule has 0 spiro atoms. The lowest BCUT2D eigenvalue weighted by molar-refractivity contribution is 0.118. The normalized spacial score (nSPS) is 16.4. The number of halogens is 2. The Bertz CT molecular complexity index is 400. The second-order valence-electron chi connectivity index (χ2n) is 3.89. The van der Waals surface area contributed by atoms with Crippen molar-refractivity contribution >= 4 is 17.2 Å². The predicted molar refractivity (Wildman–Crippen MR) is 58.5 cm³/mol. The molecule has 0 radical (unpaired) electrons. The Morgan fingerprint density at radius 1 is 1.56 bits per heavy atom. The third-order valence-corrected chi connectivity index (χ3v) is 3.00. The van der Waals surface area contributed by atoms with Crippen LogP contribution < -0.4 is 5.73 Å². The van der Waals surface area contributed by atoms with Crippen LogP contribution in [-0.2, 0) is 6.54 Å². The van der Waals surface area contributed by atoms with Crippen molar-refractivity contribution in [2.75, 3.05) is 0 Å². The second kappa shape index (κ2) is 4.40. The van der Waals surface area contributed by atoms with Gasteiger partial charge < -0.3 is 5.73 Å². The van der Waals surface area contributed by atoms with E-state index in [2.05, 4.69) is 10.3 Å². The van der Waals surface area contributed by atoms with Crippen LogP contribution in [0.5, 0.6) is 0 Å². The van der Waals surface area contributed by atoms with E-state index in [4.69, 9.17) is 18.0 Å². The number of hydrogen-bond donors (Lipinski definition) is 1. The van der Waals surface area contributed by atoms with E-state index >= 15 is 0 Å². The molecule has 0 amide bonds. The molecule has 16 heavy (non-hydrogen) atoms. The first-order chi connectivity index (χ1) is 7.59. The van der Waals surface area contributed by atoms with Gasteiger partial charge in [-0.3, -0.25) is 0 Å². The molecule has 1 saturated carbocycles. The minimum absolute atomic E-state index is 0.127. The lowest BCUT2D eigenvalue weighted by Crippen LogP contribution is -2.22. The van der Waals surface area contributed by atoms with E-state index in [0.717, 1.165) is 19.3 Å². The number of aromatic nitrogens is 3. The largest absolute Gasteiger partial charge is 0.388 e. The zero-order valence-electron chi connectivity index (χ0n) is 8.57. The maximum atomic E-state index is 12.3. The van der Waals surface area contributed by atoms with Crippen molar-refractivity contribution in [3.8, 4) is 0 Å². The molecular weight excluding hydrogens is 234 g/mol. The van der Waals surface area contributed by atoms with E-state index in [9.17, 15) is 8.78 Å². The zero-order chi connectivity index (χ0) is 11.7. The summed E-state index contributed by atoms with van der Waals surface area (Å²) in [5.41, 5.74) is 6.59. The van der Waals surface area contributed by atoms with Gasteiger partial charge in [-0.05, 0) is 12.8 Å². The zero-order valence-corrected chi connectivity index (χ0v) is 9.38. The Labute approximate surface area is 96.8 Å². The van der Waals surface area contributed by atoms with Crippen LogP contribution in [0.2, 0.25) is 0 Å². The molecule has 1 aromatic rings. The molecular formula is C9H12F2N4S. The van der Waals surface area contributed by atoms with Gasteiger partial charge in [0.2, 0.25) is 0 Å². The van der Waals surface area contributed by atoms with Gasteiger partial charge in [0.25, 0.3) is 6.43 Å². The van der Waals surface area contributed by atoms with Gasteiger partial charge in [0.15, 0.2) is 0 Å². The van der Waals surface area contributed by atoms with E-state index in [-0.39, 0.29) is 10.9 Å². The summed E-state index contributed by atoms with van der Waals surface area (Å²) >= 11 is 4.84. The first kappa shape index (κ1) is 11.4. The molecule has 0 saturated heterocycles. The molecule has 7 heteroatoms. The van der Waals surface area contributed by atoms with Gasteiger partial charge in [0, 0.05) is 5.92 Å². The highest BCUT2D eigenvalue weighted by molar-refractivity contribution is 7.80. The third kappa shape index (κ3) is 2.04. The fourth-order valence-corrected chi connectivity index (χ4v) is 1.99. The van der Waals surface area contributed by atoms with Crippen molar-refractivity contribution in [2.24, 2.45) is 5.73 Å². The number of hydrogen-bond acceptors (Lipinski definition) is 3. The summed E-state index contributed by atoms with van der Waals surface area (Å²) in [7, 11) is 0. The van der Waals surface area contributed by atoms with Crippen LogP contribution in [0.25, 0.3) is 0 Å². The first-order valence-electron chi connectivity index (χ1n) is 5.11. The van der Waals surface area contributed by atoms with Crippen LogP contribution in [0.15, 0.2) is 0 Å². The summed E-state index contributed by atoms with van der Waals surface area (Å²) in [4.78, 5) is 0.127.